The molecule has 1 heterocycles. The Kier molecular flexibility index (Phi) is 3.10. The Hall–Kier alpha value is -1.89. The number of nitrogen functional groups attached to an aromatic ring is 2. The van der Waals surface area contributed by atoms with Crippen LogP contribution in [0.15, 0.2) is 32.9 Å². The van der Waals surface area contributed by atoms with Crippen LogP contribution in [-0.2, 0) is 0 Å². The largest absolute Gasteiger partial charge is 0.382 e. The van der Waals surface area contributed by atoms with E-state index in [1.807, 2.05) is 25.1 Å². The van der Waals surface area contributed by atoms with Crippen molar-refractivity contribution < 1.29 is 0 Å². The highest BCUT2D eigenvalue weighted by Gasteiger charge is 2.06. The Morgan fingerprint density at radius 1 is 1.29 bits per heavy atom. The molecule has 1 aromatic carbocycles. The smallest absolute Gasteiger partial charge is 0.175 e. The third-order valence-electron chi connectivity index (χ3n) is 2.16. The van der Waals surface area contributed by atoms with Crippen molar-refractivity contribution in [3.63, 3.8) is 0 Å². The first kappa shape index (κ1) is 11.6. The number of benzene rings is 1. The Bertz CT molecular complexity index is 555. The first-order valence-corrected chi connectivity index (χ1v) is 5.64. The normalized spacial score (nSPS) is 11.2. The minimum atomic E-state index is 0.231. The van der Waals surface area contributed by atoms with Gasteiger partial charge >= 0.3 is 0 Å². The molecule has 1 aromatic heterocycles. The number of rotatable bonds is 2. The number of halogens is 1. The SMILES string of the molecule is Cc1ccc(N=Nc2c(N)n[nH]c2N)c(Br)c1. The number of hydrogen-bond acceptors (Lipinski definition) is 5. The molecule has 0 fully saturated rings. The highest BCUT2D eigenvalue weighted by atomic mass is 79.9. The van der Waals surface area contributed by atoms with Crippen LogP contribution in [0.5, 0.6) is 0 Å². The van der Waals surface area contributed by atoms with Crippen molar-refractivity contribution in [2.24, 2.45) is 10.2 Å². The molecule has 0 spiro atoms. The summed E-state index contributed by atoms with van der Waals surface area (Å²) in [6, 6.07) is 5.76. The van der Waals surface area contributed by atoms with Gasteiger partial charge in [-0.2, -0.15) is 5.10 Å². The molecule has 2 rings (SSSR count). The van der Waals surface area contributed by atoms with E-state index < -0.39 is 0 Å². The van der Waals surface area contributed by atoms with Crippen LogP contribution in [-0.4, -0.2) is 10.2 Å². The number of hydrogen-bond donors (Lipinski definition) is 3. The van der Waals surface area contributed by atoms with Gasteiger partial charge in [-0.1, -0.05) is 6.07 Å². The Labute approximate surface area is 106 Å². The van der Waals surface area contributed by atoms with Crippen molar-refractivity contribution in [1.29, 1.82) is 0 Å². The molecular formula is C10H11BrN6. The van der Waals surface area contributed by atoms with Gasteiger partial charge in [0.15, 0.2) is 11.5 Å². The molecule has 0 atom stereocenters. The van der Waals surface area contributed by atoms with E-state index in [-0.39, 0.29) is 5.82 Å². The summed E-state index contributed by atoms with van der Waals surface area (Å²) in [5, 5.41) is 14.3. The zero-order valence-corrected chi connectivity index (χ0v) is 10.7. The maximum Gasteiger partial charge on any atom is 0.175 e. The van der Waals surface area contributed by atoms with Gasteiger partial charge in [0.2, 0.25) is 0 Å². The summed E-state index contributed by atoms with van der Waals surface area (Å²) >= 11 is 3.41. The second kappa shape index (κ2) is 4.54. The summed E-state index contributed by atoms with van der Waals surface area (Å²) in [4.78, 5) is 0. The maximum atomic E-state index is 5.60. The summed E-state index contributed by atoms with van der Waals surface area (Å²) < 4.78 is 0.863. The van der Waals surface area contributed by atoms with Gasteiger partial charge in [-0.05, 0) is 40.5 Å². The Morgan fingerprint density at radius 3 is 2.65 bits per heavy atom. The monoisotopic (exact) mass is 294 g/mol. The first-order chi connectivity index (χ1) is 8.08. The number of aromatic nitrogens is 2. The highest BCUT2D eigenvalue weighted by Crippen LogP contribution is 2.31. The average molecular weight is 295 g/mol. The number of nitrogens with two attached hydrogens (primary N) is 2. The molecular weight excluding hydrogens is 284 g/mol. The van der Waals surface area contributed by atoms with Gasteiger partial charge in [-0.3, -0.25) is 5.10 Å². The topological polar surface area (TPSA) is 105 Å². The second-order valence-electron chi connectivity index (χ2n) is 3.53. The summed E-state index contributed by atoms with van der Waals surface area (Å²) in [7, 11) is 0. The van der Waals surface area contributed by atoms with Crippen molar-refractivity contribution in [3.8, 4) is 0 Å². The number of nitrogens with one attached hydrogen (secondary N) is 1. The number of anilines is 2. The van der Waals surface area contributed by atoms with Gasteiger partial charge < -0.3 is 11.5 Å². The van der Waals surface area contributed by atoms with Crippen LogP contribution in [0, 0.1) is 6.92 Å². The van der Waals surface area contributed by atoms with E-state index in [1.165, 1.54) is 0 Å². The lowest BCUT2D eigenvalue weighted by Crippen LogP contribution is -1.84. The van der Waals surface area contributed by atoms with Gasteiger partial charge in [0.25, 0.3) is 0 Å². The number of H-pyrrole nitrogens is 1. The lowest BCUT2D eigenvalue weighted by atomic mass is 10.2. The van der Waals surface area contributed by atoms with Crippen molar-refractivity contribution in [3.05, 3.63) is 28.2 Å². The molecule has 0 unspecified atom stereocenters. The van der Waals surface area contributed by atoms with Crippen LogP contribution < -0.4 is 11.5 Å². The molecule has 0 aliphatic rings. The van der Waals surface area contributed by atoms with Crippen molar-refractivity contribution >= 4 is 38.9 Å². The van der Waals surface area contributed by atoms with E-state index >= 15 is 0 Å². The van der Waals surface area contributed by atoms with E-state index in [0.29, 0.717) is 17.2 Å². The lowest BCUT2D eigenvalue weighted by Gasteiger charge is -1.98. The number of azo groups is 1. The minimum absolute atomic E-state index is 0.231. The third kappa shape index (κ3) is 2.44. The third-order valence-corrected chi connectivity index (χ3v) is 2.79. The van der Waals surface area contributed by atoms with Gasteiger partial charge in [0.1, 0.15) is 5.82 Å². The zero-order chi connectivity index (χ0) is 12.4. The summed E-state index contributed by atoms with van der Waals surface area (Å²) in [6.45, 7) is 2.00. The molecule has 0 bridgehead atoms. The molecule has 6 nitrogen and oxygen atoms in total. The second-order valence-corrected chi connectivity index (χ2v) is 4.38. The van der Waals surface area contributed by atoms with E-state index in [2.05, 4.69) is 36.4 Å². The van der Waals surface area contributed by atoms with E-state index in [0.717, 1.165) is 10.0 Å². The predicted octanol–water partition coefficient (Wildman–Crippen LogP) is 3.06. The molecule has 7 heteroatoms. The first-order valence-electron chi connectivity index (χ1n) is 4.85. The van der Waals surface area contributed by atoms with Gasteiger partial charge in [-0.25, -0.2) is 0 Å². The average Bonchev–Trinajstić information content (AvgIpc) is 2.58. The molecule has 0 amide bonds. The summed E-state index contributed by atoms with van der Waals surface area (Å²) in [6.07, 6.45) is 0. The van der Waals surface area contributed by atoms with Gasteiger partial charge in [0.05, 0.1) is 5.69 Å². The predicted molar refractivity (Wildman–Crippen MR) is 70.5 cm³/mol. The van der Waals surface area contributed by atoms with Crippen LogP contribution >= 0.6 is 15.9 Å². The quantitative estimate of drug-likeness (QED) is 0.741. The van der Waals surface area contributed by atoms with Crippen LogP contribution in [0.25, 0.3) is 0 Å². The fourth-order valence-corrected chi connectivity index (χ4v) is 1.84. The van der Waals surface area contributed by atoms with Crippen LogP contribution in [0.1, 0.15) is 5.56 Å². The molecule has 5 N–H and O–H groups in total. The maximum absolute atomic E-state index is 5.60. The van der Waals surface area contributed by atoms with Crippen molar-refractivity contribution in [1.82, 2.24) is 10.2 Å². The highest BCUT2D eigenvalue weighted by molar-refractivity contribution is 9.10. The number of aryl methyl sites for hydroxylation is 1. The van der Waals surface area contributed by atoms with Gasteiger partial charge in [0, 0.05) is 4.47 Å². The Morgan fingerprint density at radius 2 is 2.06 bits per heavy atom. The fourth-order valence-electron chi connectivity index (χ4n) is 1.27. The van der Waals surface area contributed by atoms with E-state index in [1.54, 1.807) is 0 Å². The minimum Gasteiger partial charge on any atom is -0.382 e. The van der Waals surface area contributed by atoms with E-state index in [9.17, 15) is 0 Å². The molecule has 0 radical (unpaired) electrons. The van der Waals surface area contributed by atoms with Crippen molar-refractivity contribution in [2.45, 2.75) is 6.92 Å². The summed E-state index contributed by atoms with van der Waals surface area (Å²) in [5.41, 5.74) is 13.4. The number of nitrogens with zero attached hydrogens (tertiary/aromatic N) is 3. The molecule has 0 aliphatic heterocycles. The lowest BCUT2D eigenvalue weighted by molar-refractivity contribution is 1.11. The van der Waals surface area contributed by atoms with Crippen LogP contribution in [0.2, 0.25) is 0 Å². The molecule has 0 saturated carbocycles. The molecule has 2 aromatic rings. The Balaban J connectivity index is 2.32. The summed E-state index contributed by atoms with van der Waals surface area (Å²) in [5.74, 6) is 0.531. The van der Waals surface area contributed by atoms with Crippen molar-refractivity contribution in [2.75, 3.05) is 11.5 Å². The molecule has 88 valence electrons. The fraction of sp³-hybridized carbons (Fsp3) is 0.100. The molecule has 17 heavy (non-hydrogen) atoms. The number of aromatic amines is 1. The van der Waals surface area contributed by atoms with E-state index in [4.69, 9.17) is 11.5 Å². The standard InChI is InChI=1S/C10H11BrN6/c1-5-2-3-7(6(11)4-5)14-15-8-9(12)16-17-10(8)13/h2-4H,1H3,(H5,12,13,16,17). The molecule has 0 saturated heterocycles. The van der Waals surface area contributed by atoms with Gasteiger partial charge in [-0.15, -0.1) is 10.2 Å². The van der Waals surface area contributed by atoms with Crippen LogP contribution in [0.4, 0.5) is 23.0 Å². The van der Waals surface area contributed by atoms with Crippen LogP contribution in [0.3, 0.4) is 0 Å². The molecule has 0 aliphatic carbocycles. The zero-order valence-electron chi connectivity index (χ0n) is 9.11.